The van der Waals surface area contributed by atoms with Gasteiger partial charge in [-0.2, -0.15) is 13.2 Å². The first kappa shape index (κ1) is 14.8. The Morgan fingerprint density at radius 3 is 2.33 bits per heavy atom. The summed E-state index contributed by atoms with van der Waals surface area (Å²) in [5, 5.41) is 10.7. The molecule has 0 aliphatic carbocycles. The lowest BCUT2D eigenvalue weighted by atomic mass is 10.2. The van der Waals surface area contributed by atoms with Crippen molar-refractivity contribution in [3.63, 3.8) is 0 Å². The summed E-state index contributed by atoms with van der Waals surface area (Å²) in [6.07, 6.45) is -4.18. The van der Waals surface area contributed by atoms with Gasteiger partial charge >= 0.3 is 17.4 Å². The number of hydrogen-bond donors (Lipinski definition) is 0. The number of nitrogens with zero attached hydrogens (tertiary/aromatic N) is 2. The molecule has 0 amide bonds. The molecule has 0 fully saturated rings. The first-order valence-electron chi connectivity index (χ1n) is 5.79. The Labute approximate surface area is 116 Å². The largest absolute Gasteiger partial charge is 0.418 e. The van der Waals surface area contributed by atoms with Crippen molar-refractivity contribution in [2.45, 2.75) is 12.7 Å². The van der Waals surface area contributed by atoms with Crippen molar-refractivity contribution in [1.29, 1.82) is 0 Å². The molecule has 0 aliphatic heterocycles. The SMILES string of the molecule is O=c1c([N+](=O)[O-])cc(C(F)(F)F)cn1Cc1ccccc1. The normalized spacial score (nSPS) is 11.4. The fourth-order valence-corrected chi connectivity index (χ4v) is 1.80. The summed E-state index contributed by atoms with van der Waals surface area (Å²) in [6, 6.07) is 8.49. The third kappa shape index (κ3) is 3.28. The van der Waals surface area contributed by atoms with Crippen LogP contribution in [0.2, 0.25) is 0 Å². The maximum atomic E-state index is 12.7. The monoisotopic (exact) mass is 298 g/mol. The molecule has 0 atom stereocenters. The van der Waals surface area contributed by atoms with Crippen LogP contribution in [0.5, 0.6) is 0 Å². The van der Waals surface area contributed by atoms with Gasteiger partial charge in [-0.1, -0.05) is 30.3 Å². The number of aromatic nitrogens is 1. The highest BCUT2D eigenvalue weighted by Gasteiger charge is 2.34. The molecular formula is C13H9F3N2O3. The van der Waals surface area contributed by atoms with Crippen molar-refractivity contribution in [2.24, 2.45) is 0 Å². The van der Waals surface area contributed by atoms with Crippen LogP contribution in [-0.4, -0.2) is 9.49 Å². The zero-order valence-electron chi connectivity index (χ0n) is 10.5. The lowest BCUT2D eigenvalue weighted by Crippen LogP contribution is -2.25. The van der Waals surface area contributed by atoms with Crippen LogP contribution in [-0.2, 0) is 12.7 Å². The van der Waals surface area contributed by atoms with Gasteiger partial charge in [0.05, 0.1) is 17.0 Å². The van der Waals surface area contributed by atoms with Gasteiger partial charge in [0, 0.05) is 12.3 Å². The Hall–Kier alpha value is -2.64. The number of halogens is 3. The van der Waals surface area contributed by atoms with Gasteiger partial charge in [-0.3, -0.25) is 14.9 Å². The molecule has 2 aromatic rings. The van der Waals surface area contributed by atoms with E-state index in [9.17, 15) is 28.1 Å². The predicted octanol–water partition coefficient (Wildman–Crippen LogP) is 2.82. The first-order valence-corrected chi connectivity index (χ1v) is 5.79. The minimum Gasteiger partial charge on any atom is -0.305 e. The van der Waals surface area contributed by atoms with Gasteiger partial charge in [-0.05, 0) is 5.56 Å². The van der Waals surface area contributed by atoms with Gasteiger partial charge in [0.1, 0.15) is 0 Å². The molecule has 2 rings (SSSR count). The number of hydrogen-bond acceptors (Lipinski definition) is 3. The summed E-state index contributed by atoms with van der Waals surface area (Å²) in [4.78, 5) is 21.5. The third-order valence-corrected chi connectivity index (χ3v) is 2.79. The molecule has 8 heteroatoms. The Bertz CT molecular complexity index is 724. The molecule has 0 saturated carbocycles. The second kappa shape index (κ2) is 5.39. The van der Waals surface area contributed by atoms with Gasteiger partial charge in [0.15, 0.2) is 0 Å². The number of pyridine rings is 1. The maximum absolute atomic E-state index is 12.7. The molecule has 1 aromatic heterocycles. The molecule has 0 radical (unpaired) electrons. The van der Waals surface area contributed by atoms with Crippen molar-refractivity contribution in [1.82, 2.24) is 4.57 Å². The molecule has 110 valence electrons. The van der Waals surface area contributed by atoms with Crippen molar-refractivity contribution >= 4 is 5.69 Å². The molecule has 1 aromatic carbocycles. The molecular weight excluding hydrogens is 289 g/mol. The lowest BCUT2D eigenvalue weighted by Gasteiger charge is -2.11. The molecule has 0 spiro atoms. The van der Waals surface area contributed by atoms with Gasteiger partial charge in [-0.15, -0.1) is 0 Å². The van der Waals surface area contributed by atoms with Crippen LogP contribution in [0, 0.1) is 10.1 Å². The highest BCUT2D eigenvalue weighted by atomic mass is 19.4. The average molecular weight is 298 g/mol. The highest BCUT2D eigenvalue weighted by molar-refractivity contribution is 5.33. The standard InChI is InChI=1S/C13H9F3N2O3/c14-13(15,16)10-6-11(18(20)21)12(19)17(8-10)7-9-4-2-1-3-5-9/h1-6,8H,7H2. The number of benzene rings is 1. The second-order valence-electron chi connectivity index (χ2n) is 4.29. The van der Waals surface area contributed by atoms with Crippen LogP contribution < -0.4 is 5.56 Å². The van der Waals surface area contributed by atoms with E-state index in [1.807, 2.05) is 0 Å². The maximum Gasteiger partial charge on any atom is 0.418 e. The Morgan fingerprint density at radius 1 is 1.19 bits per heavy atom. The molecule has 5 nitrogen and oxygen atoms in total. The van der Waals surface area contributed by atoms with Gasteiger partial charge < -0.3 is 4.57 Å². The first-order chi connectivity index (χ1) is 9.79. The Morgan fingerprint density at radius 2 is 1.81 bits per heavy atom. The van der Waals surface area contributed by atoms with Crippen LogP contribution in [0.25, 0.3) is 0 Å². The summed E-state index contributed by atoms with van der Waals surface area (Å²) < 4.78 is 38.9. The third-order valence-electron chi connectivity index (χ3n) is 2.79. The minimum absolute atomic E-state index is 0.176. The second-order valence-corrected chi connectivity index (χ2v) is 4.29. The van der Waals surface area contributed by atoms with E-state index in [0.29, 0.717) is 16.3 Å². The summed E-state index contributed by atoms with van der Waals surface area (Å²) in [5.74, 6) is 0. The lowest BCUT2D eigenvalue weighted by molar-refractivity contribution is -0.386. The van der Waals surface area contributed by atoms with E-state index in [2.05, 4.69) is 0 Å². The summed E-state index contributed by atoms with van der Waals surface area (Å²) in [6.45, 7) is -0.176. The minimum atomic E-state index is -4.77. The van der Waals surface area contributed by atoms with Gasteiger partial charge in [-0.25, -0.2) is 0 Å². The molecule has 1 heterocycles. The van der Waals surface area contributed by atoms with E-state index in [-0.39, 0.29) is 12.6 Å². The Balaban J connectivity index is 2.57. The van der Waals surface area contributed by atoms with E-state index in [0.717, 1.165) is 0 Å². The predicted molar refractivity (Wildman–Crippen MR) is 67.9 cm³/mol. The van der Waals surface area contributed by atoms with Crippen LogP contribution in [0.4, 0.5) is 18.9 Å². The summed E-state index contributed by atoms with van der Waals surface area (Å²) >= 11 is 0. The van der Waals surface area contributed by atoms with Crippen molar-refractivity contribution in [3.05, 3.63) is 74.2 Å². The van der Waals surface area contributed by atoms with Crippen molar-refractivity contribution in [3.8, 4) is 0 Å². The Kier molecular flexibility index (Phi) is 3.79. The van der Waals surface area contributed by atoms with E-state index in [4.69, 9.17) is 0 Å². The summed E-state index contributed by atoms with van der Waals surface area (Å²) in [7, 11) is 0. The van der Waals surface area contributed by atoms with Crippen molar-refractivity contribution < 1.29 is 18.1 Å². The van der Waals surface area contributed by atoms with E-state index in [1.54, 1.807) is 30.3 Å². The quantitative estimate of drug-likeness (QED) is 0.646. The molecule has 21 heavy (non-hydrogen) atoms. The molecule has 0 aliphatic rings. The van der Waals surface area contributed by atoms with E-state index < -0.39 is 27.9 Å². The van der Waals surface area contributed by atoms with Crippen LogP contribution >= 0.6 is 0 Å². The topological polar surface area (TPSA) is 65.1 Å². The molecule has 0 bridgehead atoms. The fraction of sp³-hybridized carbons (Fsp3) is 0.154. The zero-order valence-corrected chi connectivity index (χ0v) is 10.5. The fourth-order valence-electron chi connectivity index (χ4n) is 1.80. The molecule has 0 N–H and O–H groups in total. The average Bonchev–Trinajstić information content (AvgIpc) is 2.40. The van der Waals surface area contributed by atoms with Gasteiger partial charge in [0.2, 0.25) is 0 Å². The number of alkyl halides is 3. The zero-order chi connectivity index (χ0) is 15.6. The van der Waals surface area contributed by atoms with E-state index >= 15 is 0 Å². The summed E-state index contributed by atoms with van der Waals surface area (Å²) in [5.41, 5.74) is -2.84. The smallest absolute Gasteiger partial charge is 0.305 e. The van der Waals surface area contributed by atoms with Crippen LogP contribution in [0.15, 0.2) is 47.4 Å². The van der Waals surface area contributed by atoms with Crippen molar-refractivity contribution in [2.75, 3.05) is 0 Å². The van der Waals surface area contributed by atoms with Crippen LogP contribution in [0.3, 0.4) is 0 Å². The van der Waals surface area contributed by atoms with E-state index in [1.165, 1.54) is 0 Å². The van der Waals surface area contributed by atoms with Crippen LogP contribution in [0.1, 0.15) is 11.1 Å². The molecule has 0 unspecified atom stereocenters. The number of rotatable bonds is 3. The van der Waals surface area contributed by atoms with Gasteiger partial charge in [0.25, 0.3) is 0 Å². The highest BCUT2D eigenvalue weighted by Crippen LogP contribution is 2.30. The molecule has 0 saturated heterocycles. The number of nitro groups is 1.